The van der Waals surface area contributed by atoms with Crippen LogP contribution in [-0.2, 0) is 9.53 Å². The molecule has 0 amide bonds. The first-order valence-electron chi connectivity index (χ1n) is 7.61. The van der Waals surface area contributed by atoms with E-state index >= 15 is 0 Å². The fourth-order valence-corrected chi connectivity index (χ4v) is 3.60. The molecule has 0 N–H and O–H groups in total. The highest BCUT2D eigenvalue weighted by molar-refractivity contribution is 5.86. The van der Waals surface area contributed by atoms with Gasteiger partial charge in [0.25, 0.3) is 0 Å². The first-order valence-corrected chi connectivity index (χ1v) is 7.61. The number of unbranched alkanes of at least 4 members (excludes halogenated alkanes) is 3. The van der Waals surface area contributed by atoms with Gasteiger partial charge in [-0.05, 0) is 31.1 Å². The molecule has 0 heterocycles. The zero-order valence-corrected chi connectivity index (χ0v) is 12.6. The van der Waals surface area contributed by atoms with E-state index in [1.165, 1.54) is 32.1 Å². The summed E-state index contributed by atoms with van der Waals surface area (Å²) >= 11 is 0. The quantitative estimate of drug-likeness (QED) is 0.606. The molecule has 0 saturated heterocycles. The fourth-order valence-electron chi connectivity index (χ4n) is 3.60. The standard InChI is InChI=1S/C16H30O2/c1-5-6-7-8-9-15(17)16(12-18-4)13(2)10-11-14(16)3/h13-14H,5-12H2,1-4H3. The molecule has 106 valence electrons. The zero-order chi connectivity index (χ0) is 13.6. The van der Waals surface area contributed by atoms with Crippen LogP contribution in [0.25, 0.3) is 0 Å². The van der Waals surface area contributed by atoms with Crippen LogP contribution in [0.1, 0.15) is 65.7 Å². The van der Waals surface area contributed by atoms with Gasteiger partial charge < -0.3 is 4.74 Å². The minimum atomic E-state index is -0.193. The molecule has 0 aromatic carbocycles. The van der Waals surface area contributed by atoms with Gasteiger partial charge >= 0.3 is 0 Å². The van der Waals surface area contributed by atoms with Crippen molar-refractivity contribution in [2.24, 2.45) is 17.3 Å². The van der Waals surface area contributed by atoms with Crippen LogP contribution in [0.2, 0.25) is 0 Å². The van der Waals surface area contributed by atoms with Crippen LogP contribution >= 0.6 is 0 Å². The fraction of sp³-hybridized carbons (Fsp3) is 0.938. The first-order chi connectivity index (χ1) is 8.59. The lowest BCUT2D eigenvalue weighted by molar-refractivity contribution is -0.137. The molecular formula is C16H30O2. The normalized spacial score (nSPS) is 31.8. The van der Waals surface area contributed by atoms with Gasteiger partial charge in [-0.2, -0.15) is 0 Å². The Kier molecular flexibility index (Phi) is 6.34. The van der Waals surface area contributed by atoms with Crippen LogP contribution in [0.4, 0.5) is 0 Å². The van der Waals surface area contributed by atoms with Crippen molar-refractivity contribution in [1.29, 1.82) is 0 Å². The van der Waals surface area contributed by atoms with E-state index in [4.69, 9.17) is 4.74 Å². The molecule has 2 heteroatoms. The highest BCUT2D eigenvalue weighted by atomic mass is 16.5. The van der Waals surface area contributed by atoms with Crippen LogP contribution in [0.15, 0.2) is 0 Å². The van der Waals surface area contributed by atoms with Gasteiger partial charge in [-0.3, -0.25) is 4.79 Å². The second-order valence-electron chi connectivity index (χ2n) is 6.09. The summed E-state index contributed by atoms with van der Waals surface area (Å²) in [5.74, 6) is 1.41. The van der Waals surface area contributed by atoms with Crippen LogP contribution < -0.4 is 0 Å². The maximum Gasteiger partial charge on any atom is 0.141 e. The minimum Gasteiger partial charge on any atom is -0.384 e. The van der Waals surface area contributed by atoms with E-state index in [-0.39, 0.29) is 5.41 Å². The van der Waals surface area contributed by atoms with E-state index < -0.39 is 0 Å². The van der Waals surface area contributed by atoms with Gasteiger partial charge in [0.2, 0.25) is 0 Å². The van der Waals surface area contributed by atoms with E-state index in [0.29, 0.717) is 24.2 Å². The SMILES string of the molecule is CCCCCCC(=O)C1(COC)C(C)CCC1C. The number of Topliss-reactive ketones (excluding diaryl/α,β-unsaturated/α-hetero) is 1. The minimum absolute atomic E-state index is 0.193. The third kappa shape index (κ3) is 3.14. The van der Waals surface area contributed by atoms with Crippen molar-refractivity contribution >= 4 is 5.78 Å². The third-order valence-corrected chi connectivity index (χ3v) is 4.95. The van der Waals surface area contributed by atoms with Crippen LogP contribution in [0, 0.1) is 17.3 Å². The molecule has 0 bridgehead atoms. The molecule has 2 nitrogen and oxygen atoms in total. The monoisotopic (exact) mass is 254 g/mol. The van der Waals surface area contributed by atoms with Crippen molar-refractivity contribution in [3.05, 3.63) is 0 Å². The highest BCUT2D eigenvalue weighted by Crippen LogP contribution is 2.49. The second kappa shape index (κ2) is 7.28. The molecule has 0 aromatic heterocycles. The molecule has 2 atom stereocenters. The Hall–Kier alpha value is -0.370. The largest absolute Gasteiger partial charge is 0.384 e. The van der Waals surface area contributed by atoms with Crippen molar-refractivity contribution in [2.45, 2.75) is 65.7 Å². The maximum atomic E-state index is 12.7. The Labute approximate surface area is 112 Å². The summed E-state index contributed by atoms with van der Waals surface area (Å²) in [6.07, 6.45) is 7.81. The number of ketones is 1. The molecule has 1 fully saturated rings. The lowest BCUT2D eigenvalue weighted by Gasteiger charge is -2.35. The average molecular weight is 254 g/mol. The molecular weight excluding hydrogens is 224 g/mol. The van der Waals surface area contributed by atoms with Crippen molar-refractivity contribution < 1.29 is 9.53 Å². The summed E-state index contributed by atoms with van der Waals surface area (Å²) in [4.78, 5) is 12.7. The number of hydrogen-bond acceptors (Lipinski definition) is 2. The molecule has 0 aliphatic heterocycles. The molecule has 1 aliphatic rings. The van der Waals surface area contributed by atoms with Crippen LogP contribution in [-0.4, -0.2) is 19.5 Å². The molecule has 2 unspecified atom stereocenters. The number of hydrogen-bond donors (Lipinski definition) is 0. The number of methoxy groups -OCH3 is 1. The van der Waals surface area contributed by atoms with Gasteiger partial charge in [0, 0.05) is 13.5 Å². The number of carbonyl (C=O) groups excluding carboxylic acids is 1. The van der Waals surface area contributed by atoms with E-state index in [1.54, 1.807) is 7.11 Å². The number of carbonyl (C=O) groups is 1. The van der Waals surface area contributed by atoms with E-state index in [2.05, 4.69) is 20.8 Å². The Morgan fingerprint density at radius 1 is 1.17 bits per heavy atom. The van der Waals surface area contributed by atoms with Crippen molar-refractivity contribution in [2.75, 3.05) is 13.7 Å². The van der Waals surface area contributed by atoms with Gasteiger partial charge in [0.15, 0.2) is 0 Å². The Morgan fingerprint density at radius 2 is 1.78 bits per heavy atom. The summed E-state index contributed by atoms with van der Waals surface area (Å²) < 4.78 is 5.40. The van der Waals surface area contributed by atoms with E-state index in [1.807, 2.05) is 0 Å². The van der Waals surface area contributed by atoms with Gasteiger partial charge in [-0.15, -0.1) is 0 Å². The Bertz CT molecular complexity index is 250. The van der Waals surface area contributed by atoms with Crippen molar-refractivity contribution in [3.8, 4) is 0 Å². The maximum absolute atomic E-state index is 12.7. The lowest BCUT2D eigenvalue weighted by atomic mass is 9.69. The number of rotatable bonds is 8. The molecule has 1 rings (SSSR count). The van der Waals surface area contributed by atoms with Crippen LogP contribution in [0.5, 0.6) is 0 Å². The topological polar surface area (TPSA) is 26.3 Å². The summed E-state index contributed by atoms with van der Waals surface area (Å²) in [6.45, 7) is 7.27. The molecule has 0 spiro atoms. The molecule has 1 aliphatic carbocycles. The average Bonchev–Trinajstić information content (AvgIpc) is 2.64. The van der Waals surface area contributed by atoms with Gasteiger partial charge in [0.05, 0.1) is 12.0 Å². The predicted molar refractivity (Wildman–Crippen MR) is 75.6 cm³/mol. The summed E-state index contributed by atoms with van der Waals surface area (Å²) in [5.41, 5.74) is -0.193. The zero-order valence-electron chi connectivity index (χ0n) is 12.6. The lowest BCUT2D eigenvalue weighted by Crippen LogP contribution is -2.42. The number of ether oxygens (including phenoxy) is 1. The predicted octanol–water partition coefficient (Wildman–Crippen LogP) is 4.22. The smallest absolute Gasteiger partial charge is 0.141 e. The van der Waals surface area contributed by atoms with E-state index in [0.717, 1.165) is 12.8 Å². The highest BCUT2D eigenvalue weighted by Gasteiger charge is 2.50. The molecule has 18 heavy (non-hydrogen) atoms. The Balaban J connectivity index is 2.63. The second-order valence-corrected chi connectivity index (χ2v) is 6.09. The Morgan fingerprint density at radius 3 is 2.28 bits per heavy atom. The summed E-state index contributed by atoms with van der Waals surface area (Å²) in [6, 6.07) is 0. The third-order valence-electron chi connectivity index (χ3n) is 4.95. The summed E-state index contributed by atoms with van der Waals surface area (Å²) in [7, 11) is 1.73. The molecule has 0 radical (unpaired) electrons. The van der Waals surface area contributed by atoms with Gasteiger partial charge in [-0.25, -0.2) is 0 Å². The first kappa shape index (κ1) is 15.7. The van der Waals surface area contributed by atoms with Crippen molar-refractivity contribution in [3.63, 3.8) is 0 Å². The van der Waals surface area contributed by atoms with E-state index in [9.17, 15) is 4.79 Å². The van der Waals surface area contributed by atoms with Gasteiger partial charge in [-0.1, -0.05) is 40.0 Å². The molecule has 0 aromatic rings. The molecule has 1 saturated carbocycles. The van der Waals surface area contributed by atoms with Crippen molar-refractivity contribution in [1.82, 2.24) is 0 Å². The van der Waals surface area contributed by atoms with Crippen LogP contribution in [0.3, 0.4) is 0 Å². The summed E-state index contributed by atoms with van der Waals surface area (Å²) in [5, 5.41) is 0. The van der Waals surface area contributed by atoms with Gasteiger partial charge in [0.1, 0.15) is 5.78 Å².